The molecule has 236 valence electrons. The van der Waals surface area contributed by atoms with E-state index in [-0.39, 0.29) is 30.9 Å². The highest BCUT2D eigenvalue weighted by molar-refractivity contribution is 7.90. The van der Waals surface area contributed by atoms with E-state index < -0.39 is 57.6 Å². The van der Waals surface area contributed by atoms with Crippen molar-refractivity contribution >= 4 is 21.7 Å². The number of nitrogens with one attached hydrogen (secondary N) is 2. The zero-order chi connectivity index (χ0) is 32.0. The van der Waals surface area contributed by atoms with Crippen LogP contribution in [0.25, 0.3) is 0 Å². The van der Waals surface area contributed by atoms with Gasteiger partial charge in [0.2, 0.25) is 11.8 Å². The molecule has 0 bridgehead atoms. The molecule has 2 aromatic carbocycles. The van der Waals surface area contributed by atoms with Crippen molar-refractivity contribution in [2.75, 3.05) is 5.75 Å². The van der Waals surface area contributed by atoms with Crippen LogP contribution < -0.4 is 10.6 Å². The number of terminal acetylenes is 2. The van der Waals surface area contributed by atoms with Crippen molar-refractivity contribution in [2.24, 2.45) is 11.8 Å². The minimum Gasteiger partial charge on any atom is -0.389 e. The van der Waals surface area contributed by atoms with Crippen LogP contribution in [0.15, 0.2) is 60.7 Å². The number of rotatable bonds is 16. The topological polar surface area (TPSA) is 133 Å². The number of amides is 2. The molecule has 3 rings (SSSR count). The maximum absolute atomic E-state index is 13.7. The first-order valence-corrected chi connectivity index (χ1v) is 17.1. The van der Waals surface area contributed by atoms with Gasteiger partial charge in [0.15, 0.2) is 9.84 Å². The van der Waals surface area contributed by atoms with E-state index in [2.05, 4.69) is 22.5 Å². The van der Waals surface area contributed by atoms with Crippen LogP contribution in [0, 0.1) is 36.5 Å². The molecule has 9 heteroatoms. The molecule has 2 amide bonds. The first-order chi connectivity index (χ1) is 21.1. The lowest BCUT2D eigenvalue weighted by molar-refractivity contribution is -0.132. The number of carbonyl (C=O) groups excluding carboxylic acids is 2. The van der Waals surface area contributed by atoms with Gasteiger partial charge >= 0.3 is 0 Å². The molecule has 8 nitrogen and oxygen atoms in total. The second kappa shape index (κ2) is 17.6. The van der Waals surface area contributed by atoms with Crippen molar-refractivity contribution in [2.45, 2.75) is 87.8 Å². The van der Waals surface area contributed by atoms with E-state index in [4.69, 9.17) is 12.8 Å². The van der Waals surface area contributed by atoms with Gasteiger partial charge in [-0.25, -0.2) is 8.42 Å². The monoisotopic (exact) mass is 620 g/mol. The molecular formula is C35H44N2O6S. The Balaban J connectivity index is 1.78. The molecule has 0 aliphatic heterocycles. The van der Waals surface area contributed by atoms with Gasteiger partial charge in [-0.05, 0) is 29.9 Å². The third-order valence-electron chi connectivity index (χ3n) is 8.11. The SMILES string of the molecule is C#CC[C@H](NC(=O)[C@H](Cc1ccccc1)CS(=O)(=O)Cc1ccccc1)C(=O)N[C@@H](CC1CCCCC1)[C@@H](O)[C@@H](O)CC#C. The molecule has 2 aromatic rings. The summed E-state index contributed by atoms with van der Waals surface area (Å²) >= 11 is 0. The molecule has 0 spiro atoms. The molecule has 4 N–H and O–H groups in total. The van der Waals surface area contributed by atoms with Gasteiger partial charge in [0.05, 0.1) is 29.6 Å². The van der Waals surface area contributed by atoms with Crippen molar-refractivity contribution in [1.29, 1.82) is 0 Å². The van der Waals surface area contributed by atoms with Crippen LogP contribution in [0.1, 0.15) is 62.5 Å². The minimum absolute atomic E-state index is 0.0820. The zero-order valence-electron chi connectivity index (χ0n) is 25.1. The Bertz CT molecular complexity index is 1380. The summed E-state index contributed by atoms with van der Waals surface area (Å²) in [5.74, 6) is 2.16. The van der Waals surface area contributed by atoms with Crippen LogP contribution in [0.2, 0.25) is 0 Å². The average Bonchev–Trinajstić information content (AvgIpc) is 3.01. The Morgan fingerprint density at radius 3 is 2.02 bits per heavy atom. The summed E-state index contributed by atoms with van der Waals surface area (Å²) in [6, 6.07) is 15.8. The predicted molar refractivity (Wildman–Crippen MR) is 172 cm³/mol. The van der Waals surface area contributed by atoms with Gasteiger partial charge in [-0.2, -0.15) is 0 Å². The van der Waals surface area contributed by atoms with Crippen molar-refractivity contribution in [3.63, 3.8) is 0 Å². The average molecular weight is 621 g/mol. The molecule has 0 radical (unpaired) electrons. The summed E-state index contributed by atoms with van der Waals surface area (Å²) in [7, 11) is -3.71. The maximum atomic E-state index is 13.7. The quantitative estimate of drug-likeness (QED) is 0.213. The minimum atomic E-state index is -3.71. The molecule has 1 aliphatic carbocycles. The summed E-state index contributed by atoms with van der Waals surface area (Å²) in [5, 5.41) is 26.9. The normalized spacial score (nSPS) is 17.2. The largest absolute Gasteiger partial charge is 0.389 e. The van der Waals surface area contributed by atoms with Crippen LogP contribution in [-0.2, 0) is 31.6 Å². The lowest BCUT2D eigenvalue weighted by Crippen LogP contribution is -2.56. The summed E-state index contributed by atoms with van der Waals surface area (Å²) in [4.78, 5) is 27.2. The first kappa shape index (κ1) is 34.9. The fraction of sp³-hybridized carbons (Fsp3) is 0.486. The lowest BCUT2D eigenvalue weighted by atomic mass is 9.82. The Kier molecular flexibility index (Phi) is 14.0. The van der Waals surface area contributed by atoms with Gasteiger partial charge in [-0.1, -0.05) is 92.8 Å². The fourth-order valence-corrected chi connectivity index (χ4v) is 7.50. The second-order valence-corrected chi connectivity index (χ2v) is 13.8. The van der Waals surface area contributed by atoms with Crippen molar-refractivity contribution < 1.29 is 28.2 Å². The Morgan fingerprint density at radius 1 is 0.841 bits per heavy atom. The third-order valence-corrected chi connectivity index (χ3v) is 9.79. The highest BCUT2D eigenvalue weighted by atomic mass is 32.2. The number of sulfone groups is 1. The van der Waals surface area contributed by atoms with Crippen molar-refractivity contribution in [3.05, 3.63) is 71.8 Å². The lowest BCUT2D eigenvalue weighted by Gasteiger charge is -2.33. The van der Waals surface area contributed by atoms with E-state index in [1.54, 1.807) is 30.3 Å². The first-order valence-electron chi connectivity index (χ1n) is 15.2. The second-order valence-electron chi connectivity index (χ2n) is 11.7. The Labute approximate surface area is 262 Å². The van der Waals surface area contributed by atoms with Gasteiger partial charge in [0, 0.05) is 12.8 Å². The molecule has 1 fully saturated rings. The van der Waals surface area contributed by atoms with Crippen LogP contribution in [0.4, 0.5) is 0 Å². The number of hydrogen-bond donors (Lipinski definition) is 4. The number of aliphatic hydroxyl groups is 2. The third kappa shape index (κ3) is 11.5. The van der Waals surface area contributed by atoms with E-state index >= 15 is 0 Å². The summed E-state index contributed by atoms with van der Waals surface area (Å²) in [5.41, 5.74) is 1.39. The van der Waals surface area contributed by atoms with Crippen LogP contribution in [0.3, 0.4) is 0 Å². The molecule has 5 atom stereocenters. The summed E-state index contributed by atoms with van der Waals surface area (Å²) in [6.07, 6.45) is 13.9. The fourth-order valence-electron chi connectivity index (χ4n) is 5.79. The predicted octanol–water partition coefficient (Wildman–Crippen LogP) is 3.17. The van der Waals surface area contributed by atoms with Gasteiger partial charge in [0.25, 0.3) is 0 Å². The van der Waals surface area contributed by atoms with Gasteiger partial charge in [0.1, 0.15) is 12.1 Å². The van der Waals surface area contributed by atoms with E-state index in [0.717, 1.165) is 37.7 Å². The summed E-state index contributed by atoms with van der Waals surface area (Å²) in [6.45, 7) is 0. The van der Waals surface area contributed by atoms with Crippen LogP contribution in [-0.4, -0.2) is 60.5 Å². The van der Waals surface area contributed by atoms with E-state index in [1.807, 2.05) is 30.3 Å². The molecule has 1 saturated carbocycles. The molecule has 0 heterocycles. The van der Waals surface area contributed by atoms with Gasteiger partial charge < -0.3 is 20.8 Å². The summed E-state index contributed by atoms with van der Waals surface area (Å²) < 4.78 is 26.4. The van der Waals surface area contributed by atoms with Gasteiger partial charge in [-0.15, -0.1) is 24.7 Å². The van der Waals surface area contributed by atoms with Crippen LogP contribution >= 0.6 is 0 Å². The smallest absolute Gasteiger partial charge is 0.243 e. The highest BCUT2D eigenvalue weighted by Crippen LogP contribution is 2.28. The van der Waals surface area contributed by atoms with Gasteiger partial charge in [-0.3, -0.25) is 9.59 Å². The van der Waals surface area contributed by atoms with Crippen molar-refractivity contribution in [1.82, 2.24) is 10.6 Å². The number of benzene rings is 2. The standard InChI is InChI=1S/C35H44N2O6S/c1-3-14-30(35(41)37-31(33(39)32(38)15-4-2)23-27-18-10-6-11-19-27)36-34(40)29(22-26-16-8-5-9-17-26)25-44(42,43)24-28-20-12-7-13-21-28/h1-2,5,7-9,12-13,16-17,20-21,27,29-33,38-39H,6,10-11,14-15,18-19,22-25H2,(H,36,40)(H,37,41)/t29-,30+,31+,32+,33-/m1/s1. The number of hydrogen-bond acceptors (Lipinski definition) is 6. The molecule has 0 saturated heterocycles. The molecule has 0 unspecified atom stereocenters. The molecule has 44 heavy (non-hydrogen) atoms. The molecule has 1 aliphatic rings. The van der Waals surface area contributed by atoms with Crippen molar-refractivity contribution in [3.8, 4) is 24.7 Å². The number of aliphatic hydroxyl groups excluding tert-OH is 2. The highest BCUT2D eigenvalue weighted by Gasteiger charge is 2.34. The van der Waals surface area contributed by atoms with E-state index in [9.17, 15) is 28.2 Å². The Morgan fingerprint density at radius 2 is 1.43 bits per heavy atom. The number of carbonyl (C=O) groups is 2. The van der Waals surface area contributed by atoms with E-state index in [0.29, 0.717) is 12.0 Å². The molecule has 0 aromatic heterocycles. The maximum Gasteiger partial charge on any atom is 0.243 e. The zero-order valence-corrected chi connectivity index (χ0v) is 25.9. The Hall–Kier alpha value is -3.63. The van der Waals surface area contributed by atoms with Crippen LogP contribution in [0.5, 0.6) is 0 Å². The van der Waals surface area contributed by atoms with E-state index in [1.165, 1.54) is 0 Å². The molecular weight excluding hydrogens is 576 g/mol.